The van der Waals surface area contributed by atoms with Gasteiger partial charge in [0.25, 0.3) is 11.6 Å². The third-order valence-corrected chi connectivity index (χ3v) is 4.69. The van der Waals surface area contributed by atoms with Gasteiger partial charge in [0.2, 0.25) is 5.13 Å². The van der Waals surface area contributed by atoms with E-state index >= 15 is 0 Å². The monoisotopic (exact) mass is 409 g/mol. The molecule has 0 radical (unpaired) electrons. The zero-order valence-corrected chi connectivity index (χ0v) is 16.1. The molecule has 9 nitrogen and oxygen atoms in total. The summed E-state index contributed by atoms with van der Waals surface area (Å²) in [5, 5.41) is 32.0. The number of carbonyl (C=O) groups is 1. The van der Waals surface area contributed by atoms with Gasteiger partial charge < -0.3 is 4.42 Å². The summed E-state index contributed by atoms with van der Waals surface area (Å²) in [5.74, 6) is -0.168. The Balaban J connectivity index is 1.80. The van der Waals surface area contributed by atoms with Crippen molar-refractivity contribution in [3.05, 3.63) is 62.9 Å². The van der Waals surface area contributed by atoms with Crippen LogP contribution in [0.2, 0.25) is 0 Å². The third-order valence-electron chi connectivity index (χ3n) is 3.80. The molecule has 29 heavy (non-hydrogen) atoms. The molecule has 0 bridgehead atoms. The average Bonchev–Trinajstić information content (AvgIpc) is 3.35. The molecule has 10 heteroatoms. The van der Waals surface area contributed by atoms with Gasteiger partial charge >= 0.3 is 0 Å². The van der Waals surface area contributed by atoms with Crippen molar-refractivity contribution in [1.29, 1.82) is 5.26 Å². The highest BCUT2D eigenvalue weighted by Crippen LogP contribution is 2.31. The Morgan fingerprint density at radius 1 is 1.34 bits per heavy atom. The maximum Gasteiger partial charge on any atom is 0.280 e. The van der Waals surface area contributed by atoms with E-state index in [1.165, 1.54) is 29.5 Å². The summed E-state index contributed by atoms with van der Waals surface area (Å²) in [6.45, 7) is 2.01. The van der Waals surface area contributed by atoms with Crippen LogP contribution in [0.1, 0.15) is 24.1 Å². The number of rotatable bonds is 7. The van der Waals surface area contributed by atoms with E-state index in [2.05, 4.69) is 15.5 Å². The predicted octanol–water partition coefficient (Wildman–Crippen LogP) is 4.20. The van der Waals surface area contributed by atoms with Crippen molar-refractivity contribution in [3.8, 4) is 17.4 Å². The van der Waals surface area contributed by atoms with Gasteiger partial charge in [0, 0.05) is 18.6 Å². The molecule has 2 heterocycles. The van der Waals surface area contributed by atoms with Crippen molar-refractivity contribution in [2.24, 2.45) is 0 Å². The second-order valence-electron chi connectivity index (χ2n) is 5.85. The highest BCUT2D eigenvalue weighted by Gasteiger charge is 2.18. The van der Waals surface area contributed by atoms with Gasteiger partial charge in [-0.1, -0.05) is 30.4 Å². The first-order valence-electron chi connectivity index (χ1n) is 8.61. The third kappa shape index (κ3) is 4.72. The number of nitro groups is 1. The van der Waals surface area contributed by atoms with E-state index in [0.29, 0.717) is 10.7 Å². The van der Waals surface area contributed by atoms with E-state index in [1.54, 1.807) is 24.3 Å². The summed E-state index contributed by atoms with van der Waals surface area (Å²) in [5.41, 5.74) is 0.00732. The minimum atomic E-state index is -0.643. The van der Waals surface area contributed by atoms with Crippen molar-refractivity contribution in [1.82, 2.24) is 10.2 Å². The number of anilines is 1. The maximum atomic E-state index is 12.3. The zero-order valence-electron chi connectivity index (χ0n) is 15.3. The summed E-state index contributed by atoms with van der Waals surface area (Å²) < 4.78 is 5.59. The van der Waals surface area contributed by atoms with Crippen LogP contribution in [-0.2, 0) is 11.2 Å². The molecule has 1 amide bonds. The standard InChI is InChI=1S/C19H15N5O4S/c1-2-5-17-22-23-19(29-17)21-18(25)12(11-20)10-13-8-9-16(28-13)14-6-3-4-7-15(14)24(26)27/h3-4,6-10H,2,5H2,1H3,(H,21,23,25). The number of nitrogens with one attached hydrogen (secondary N) is 1. The number of benzene rings is 1. The van der Waals surface area contributed by atoms with Crippen LogP contribution in [0.4, 0.5) is 10.8 Å². The lowest BCUT2D eigenvalue weighted by molar-refractivity contribution is -0.384. The van der Waals surface area contributed by atoms with Crippen molar-refractivity contribution < 1.29 is 14.1 Å². The lowest BCUT2D eigenvalue weighted by atomic mass is 10.1. The van der Waals surface area contributed by atoms with Crippen LogP contribution in [0.5, 0.6) is 0 Å². The maximum absolute atomic E-state index is 12.3. The Morgan fingerprint density at radius 2 is 2.14 bits per heavy atom. The van der Waals surface area contributed by atoms with Crippen LogP contribution in [0.3, 0.4) is 0 Å². The van der Waals surface area contributed by atoms with Crippen molar-refractivity contribution in [2.75, 3.05) is 5.32 Å². The van der Waals surface area contributed by atoms with Crippen molar-refractivity contribution in [2.45, 2.75) is 19.8 Å². The topological polar surface area (TPSA) is 135 Å². The Kier molecular flexibility index (Phi) is 6.11. The molecule has 0 spiro atoms. The van der Waals surface area contributed by atoms with Gasteiger partial charge in [0.05, 0.1) is 10.5 Å². The molecule has 0 unspecified atom stereocenters. The molecule has 0 atom stereocenters. The first-order valence-corrected chi connectivity index (χ1v) is 9.42. The lowest BCUT2D eigenvalue weighted by Gasteiger charge is -1.99. The Hall–Kier alpha value is -3.84. The quantitative estimate of drug-likeness (QED) is 0.267. The molecule has 146 valence electrons. The summed E-state index contributed by atoms with van der Waals surface area (Å²) in [7, 11) is 0. The van der Waals surface area contributed by atoms with Crippen molar-refractivity contribution in [3.63, 3.8) is 0 Å². The minimum absolute atomic E-state index is 0.102. The average molecular weight is 409 g/mol. The van der Waals surface area contributed by atoms with Gasteiger partial charge in [-0.15, -0.1) is 10.2 Å². The summed E-state index contributed by atoms with van der Waals surface area (Å²) >= 11 is 1.25. The number of furan rings is 1. The minimum Gasteiger partial charge on any atom is -0.456 e. The number of amides is 1. The molecule has 0 aliphatic rings. The van der Waals surface area contributed by atoms with E-state index in [0.717, 1.165) is 17.8 Å². The second-order valence-corrected chi connectivity index (χ2v) is 6.91. The molecule has 3 rings (SSSR count). The molecule has 0 aliphatic heterocycles. The van der Waals surface area contributed by atoms with Gasteiger partial charge in [-0.3, -0.25) is 20.2 Å². The molecule has 0 fully saturated rings. The number of nitrogens with zero attached hydrogens (tertiary/aromatic N) is 4. The van der Waals surface area contributed by atoms with Gasteiger partial charge in [-0.25, -0.2) is 0 Å². The normalized spacial score (nSPS) is 11.1. The largest absolute Gasteiger partial charge is 0.456 e. The number of nitro benzene ring substituents is 1. The fourth-order valence-electron chi connectivity index (χ4n) is 2.49. The number of para-hydroxylation sites is 1. The number of hydrogen-bond donors (Lipinski definition) is 1. The van der Waals surface area contributed by atoms with Crippen molar-refractivity contribution >= 4 is 34.1 Å². The van der Waals surface area contributed by atoms with E-state index in [1.807, 2.05) is 13.0 Å². The summed E-state index contributed by atoms with van der Waals surface area (Å²) in [4.78, 5) is 23.0. The first-order chi connectivity index (χ1) is 14.0. The number of aromatic nitrogens is 2. The Bertz CT molecular complexity index is 1130. The van der Waals surface area contributed by atoms with Crippen LogP contribution in [0, 0.1) is 21.4 Å². The number of aryl methyl sites for hydroxylation is 1. The summed E-state index contributed by atoms with van der Waals surface area (Å²) in [6.07, 6.45) is 2.93. The smallest absolute Gasteiger partial charge is 0.280 e. The molecular formula is C19H15N5O4S. The fourth-order valence-corrected chi connectivity index (χ4v) is 3.33. The van der Waals surface area contributed by atoms with Gasteiger partial charge in [0.1, 0.15) is 28.2 Å². The van der Waals surface area contributed by atoms with E-state index in [-0.39, 0.29) is 22.8 Å². The van der Waals surface area contributed by atoms with Crippen LogP contribution in [-0.4, -0.2) is 21.0 Å². The molecule has 2 aromatic heterocycles. The molecule has 3 aromatic rings. The Morgan fingerprint density at radius 3 is 2.86 bits per heavy atom. The molecule has 0 aliphatic carbocycles. The van der Waals surface area contributed by atoms with E-state index in [9.17, 15) is 20.2 Å². The fraction of sp³-hybridized carbons (Fsp3) is 0.158. The van der Waals surface area contributed by atoms with Gasteiger partial charge in [-0.05, 0) is 24.6 Å². The number of hydrogen-bond acceptors (Lipinski definition) is 8. The molecular weight excluding hydrogens is 394 g/mol. The SMILES string of the molecule is CCCc1nnc(NC(=O)C(C#N)=Cc2ccc(-c3ccccc3[N+](=O)[O-])o2)s1. The van der Waals surface area contributed by atoms with E-state index < -0.39 is 10.8 Å². The number of nitriles is 1. The lowest BCUT2D eigenvalue weighted by Crippen LogP contribution is -2.13. The van der Waals surface area contributed by atoms with E-state index in [4.69, 9.17) is 4.42 Å². The highest BCUT2D eigenvalue weighted by molar-refractivity contribution is 7.15. The second kappa shape index (κ2) is 8.90. The zero-order chi connectivity index (χ0) is 20.8. The van der Waals surface area contributed by atoms with Crippen LogP contribution >= 0.6 is 11.3 Å². The van der Waals surface area contributed by atoms with Gasteiger partial charge in [-0.2, -0.15) is 5.26 Å². The highest BCUT2D eigenvalue weighted by atomic mass is 32.1. The number of carbonyl (C=O) groups excluding carboxylic acids is 1. The molecule has 1 N–H and O–H groups in total. The summed E-state index contributed by atoms with van der Waals surface area (Å²) in [6, 6.07) is 11.0. The molecule has 0 saturated carbocycles. The van der Waals surface area contributed by atoms with Crippen LogP contribution in [0.15, 0.2) is 46.4 Å². The molecule has 0 saturated heterocycles. The molecule has 1 aromatic carbocycles. The van der Waals surface area contributed by atoms with Gasteiger partial charge in [0.15, 0.2) is 0 Å². The first kappa shape index (κ1) is 19.9. The Labute approximate surface area is 169 Å². The van der Waals surface area contributed by atoms with Crippen LogP contribution < -0.4 is 5.32 Å². The van der Waals surface area contributed by atoms with Crippen LogP contribution in [0.25, 0.3) is 17.4 Å². The predicted molar refractivity (Wildman–Crippen MR) is 107 cm³/mol.